The third-order valence-electron chi connectivity index (χ3n) is 0.968. The smallest absolute Gasteiger partial charge is 0.185 e. The lowest BCUT2D eigenvalue weighted by atomic mass is 10.2. The van der Waals surface area contributed by atoms with E-state index in [-0.39, 0.29) is 0 Å². The van der Waals surface area contributed by atoms with Gasteiger partial charge in [0.05, 0.1) is 12.4 Å². The Bertz CT molecular complexity index is 287. The van der Waals surface area contributed by atoms with E-state index >= 15 is 0 Å². The van der Waals surface area contributed by atoms with Crippen LogP contribution >= 0.6 is 0 Å². The molecule has 0 unspecified atom stereocenters. The summed E-state index contributed by atoms with van der Waals surface area (Å²) in [4.78, 5) is 40.5. The van der Waals surface area contributed by atoms with Gasteiger partial charge < -0.3 is 19.8 Å². The maximum atomic E-state index is 10.6. The molecule has 0 aromatic carbocycles. The van der Waals surface area contributed by atoms with Crippen LogP contribution in [-0.2, 0) is 19.2 Å². The van der Waals surface area contributed by atoms with E-state index in [2.05, 4.69) is 0 Å². The van der Waals surface area contributed by atoms with Crippen LogP contribution in [0.25, 0.3) is 0 Å². The maximum Gasteiger partial charge on any atom is 0.185 e. The van der Waals surface area contributed by atoms with Gasteiger partial charge in [0.15, 0.2) is 11.6 Å². The van der Waals surface area contributed by atoms with Gasteiger partial charge in [-0.3, -0.25) is 9.59 Å². The molecule has 0 heterocycles. The van der Waals surface area contributed by atoms with Crippen molar-refractivity contribution in [3.63, 3.8) is 0 Å². The van der Waals surface area contributed by atoms with Crippen LogP contribution in [0.1, 0.15) is 6.42 Å². The molecule has 0 atom stereocenters. The molecule has 0 aromatic rings. The van der Waals surface area contributed by atoms with E-state index in [9.17, 15) is 29.4 Å². The van der Waals surface area contributed by atoms with E-state index in [0.717, 1.165) is 0 Å². The number of rotatable bonds is 5. The molecule has 0 aliphatic carbocycles. The van der Waals surface area contributed by atoms with Gasteiger partial charge in [0, 0.05) is 0 Å². The van der Waals surface area contributed by atoms with Crippen molar-refractivity contribution in [1.29, 1.82) is 0 Å². The van der Waals surface area contributed by atoms with Gasteiger partial charge in [0.25, 0.3) is 0 Å². The summed E-state index contributed by atoms with van der Waals surface area (Å²) >= 11 is 0. The van der Waals surface area contributed by atoms with Gasteiger partial charge >= 0.3 is 0 Å². The molecular weight excluding hydrogens is 180 g/mol. The van der Waals surface area contributed by atoms with Crippen LogP contribution in [0.4, 0.5) is 0 Å². The van der Waals surface area contributed by atoms with E-state index in [1.807, 2.05) is 0 Å². The highest BCUT2D eigenvalue weighted by molar-refractivity contribution is 6.36. The van der Waals surface area contributed by atoms with E-state index in [1.165, 1.54) is 0 Å². The number of aliphatic carboxylic acids is 2. The van der Waals surface area contributed by atoms with Crippen molar-refractivity contribution in [2.24, 2.45) is 0 Å². The zero-order valence-electron chi connectivity index (χ0n) is 6.31. The number of allylic oxidation sites excluding steroid dienone is 1. The fraction of sp³-hybridized carbons (Fsp3) is 0.143. The molecule has 0 fully saturated rings. The van der Waals surface area contributed by atoms with Gasteiger partial charge in [-0.05, 0) is 12.2 Å². The predicted octanol–water partition coefficient (Wildman–Crippen LogP) is -3.43. The Morgan fingerprint density at radius 3 is 1.92 bits per heavy atom. The van der Waals surface area contributed by atoms with Crippen LogP contribution in [0.2, 0.25) is 0 Å². The highest BCUT2D eigenvalue weighted by Gasteiger charge is 2.06. The lowest BCUT2D eigenvalue weighted by molar-refractivity contribution is -0.300. The molecule has 0 spiro atoms. The molecule has 0 N–H and O–H groups in total. The van der Waals surface area contributed by atoms with E-state index in [4.69, 9.17) is 0 Å². The van der Waals surface area contributed by atoms with Crippen molar-refractivity contribution in [3.05, 3.63) is 12.2 Å². The number of carbonyl (C=O) groups excluding carboxylic acids is 4. The van der Waals surface area contributed by atoms with Gasteiger partial charge in [0.2, 0.25) is 0 Å². The topological polar surface area (TPSA) is 114 Å². The zero-order valence-corrected chi connectivity index (χ0v) is 6.31. The Morgan fingerprint density at radius 1 is 1.00 bits per heavy atom. The molecule has 0 aliphatic heterocycles. The lowest BCUT2D eigenvalue weighted by Crippen LogP contribution is -2.32. The van der Waals surface area contributed by atoms with E-state index < -0.39 is 29.9 Å². The first kappa shape index (κ1) is 11.0. The first-order chi connectivity index (χ1) is 5.93. The van der Waals surface area contributed by atoms with Gasteiger partial charge in [-0.15, -0.1) is 0 Å². The molecule has 0 aliphatic rings. The van der Waals surface area contributed by atoms with Crippen LogP contribution < -0.4 is 10.2 Å². The summed E-state index contributed by atoms with van der Waals surface area (Å²) < 4.78 is 0. The maximum absolute atomic E-state index is 10.6. The highest BCUT2D eigenvalue weighted by atomic mass is 16.4. The molecule has 0 radical (unpaired) electrons. The number of Topliss-reactive ketones (excluding diaryl/α,β-unsaturated/α-hetero) is 1. The summed E-state index contributed by atoms with van der Waals surface area (Å²) in [6.45, 7) is 0. The summed E-state index contributed by atoms with van der Waals surface area (Å²) in [5, 5.41) is 19.6. The second-order valence-electron chi connectivity index (χ2n) is 2.01. The second-order valence-corrected chi connectivity index (χ2v) is 2.01. The number of hydrogen-bond acceptors (Lipinski definition) is 6. The quantitative estimate of drug-likeness (QED) is 0.249. The standard InChI is InChI=1S/C7H6O6/c8-4(1-2-6(10)11)3-5(9)7(12)13/h1-2H,3H2,(H,10,11)(H,12,13)/p-2. The largest absolute Gasteiger partial charge is 0.545 e. The summed E-state index contributed by atoms with van der Waals surface area (Å²) in [5.74, 6) is -5.91. The van der Waals surface area contributed by atoms with Gasteiger partial charge in [-0.2, -0.15) is 0 Å². The van der Waals surface area contributed by atoms with Gasteiger partial charge in [-0.25, -0.2) is 0 Å². The molecule has 0 saturated heterocycles. The molecule has 0 bridgehead atoms. The van der Waals surface area contributed by atoms with Crippen LogP contribution in [0.5, 0.6) is 0 Å². The van der Waals surface area contributed by atoms with Crippen molar-refractivity contribution in [3.8, 4) is 0 Å². The minimum Gasteiger partial charge on any atom is -0.545 e. The zero-order chi connectivity index (χ0) is 10.4. The number of carbonyl (C=O) groups is 4. The van der Waals surface area contributed by atoms with Crippen LogP contribution in [0, 0.1) is 0 Å². The minimum atomic E-state index is -1.98. The fourth-order valence-electron chi connectivity index (χ4n) is 0.450. The second kappa shape index (κ2) is 4.81. The van der Waals surface area contributed by atoms with Crippen molar-refractivity contribution in [2.45, 2.75) is 6.42 Å². The van der Waals surface area contributed by atoms with Crippen molar-refractivity contribution >= 4 is 23.5 Å². The third kappa shape index (κ3) is 5.31. The Labute approximate surface area is 72.5 Å². The SMILES string of the molecule is O=C([O-])C=CC(=O)CC(=O)C(=O)[O-]. The fourth-order valence-corrected chi connectivity index (χ4v) is 0.450. The Hall–Kier alpha value is -1.98. The number of hydrogen-bond donors (Lipinski definition) is 0. The summed E-state index contributed by atoms with van der Waals surface area (Å²) in [6, 6.07) is 0. The molecule has 0 aromatic heterocycles. The molecule has 0 rings (SSSR count). The van der Waals surface area contributed by atoms with Gasteiger partial charge in [-0.1, -0.05) is 0 Å². The molecule has 0 saturated carbocycles. The molecule has 6 nitrogen and oxygen atoms in total. The molecule has 0 amide bonds. The Balaban J connectivity index is 4.10. The van der Waals surface area contributed by atoms with Crippen LogP contribution in [0.3, 0.4) is 0 Å². The van der Waals surface area contributed by atoms with Crippen molar-refractivity contribution in [2.75, 3.05) is 0 Å². The normalized spacial score (nSPS) is 9.85. The summed E-state index contributed by atoms with van der Waals surface area (Å²) in [7, 11) is 0. The number of ketones is 2. The number of carboxylic acid groups (broad SMARTS) is 2. The summed E-state index contributed by atoms with van der Waals surface area (Å²) in [6.07, 6.45) is 0.0488. The van der Waals surface area contributed by atoms with Crippen LogP contribution in [-0.4, -0.2) is 23.5 Å². The first-order valence-corrected chi connectivity index (χ1v) is 3.09. The molecule has 70 valence electrons. The first-order valence-electron chi connectivity index (χ1n) is 3.09. The van der Waals surface area contributed by atoms with E-state index in [1.54, 1.807) is 0 Å². The van der Waals surface area contributed by atoms with Crippen LogP contribution in [0.15, 0.2) is 12.2 Å². The van der Waals surface area contributed by atoms with E-state index in [0.29, 0.717) is 12.2 Å². The summed E-state index contributed by atoms with van der Waals surface area (Å²) in [5.41, 5.74) is 0. The average molecular weight is 184 g/mol. The van der Waals surface area contributed by atoms with Gasteiger partial charge in [0.1, 0.15) is 5.97 Å². The Morgan fingerprint density at radius 2 is 1.54 bits per heavy atom. The monoisotopic (exact) mass is 184 g/mol. The molecule has 13 heavy (non-hydrogen) atoms. The predicted molar refractivity (Wildman–Crippen MR) is 33.8 cm³/mol. The highest BCUT2D eigenvalue weighted by Crippen LogP contribution is 1.87. The molecule has 6 heteroatoms. The molecular formula is C7H4O6-2. The third-order valence-corrected chi connectivity index (χ3v) is 0.968. The lowest BCUT2D eigenvalue weighted by Gasteiger charge is -1.97. The number of carboxylic acids is 2. The van der Waals surface area contributed by atoms with Crippen molar-refractivity contribution < 1.29 is 29.4 Å². The van der Waals surface area contributed by atoms with Crippen molar-refractivity contribution in [1.82, 2.24) is 0 Å². The average Bonchev–Trinajstić information content (AvgIpc) is 2.00. The Kier molecular flexibility index (Phi) is 4.08. The minimum absolute atomic E-state index is 0.408.